The Morgan fingerprint density at radius 2 is 2.14 bits per heavy atom. The third kappa shape index (κ3) is 4.08. The van der Waals surface area contributed by atoms with Gasteiger partial charge in [-0.05, 0) is 42.9 Å². The van der Waals surface area contributed by atoms with Crippen LogP contribution < -0.4 is 5.32 Å². The van der Waals surface area contributed by atoms with Crippen LogP contribution in [-0.2, 0) is 4.79 Å². The number of hydrogen-bond acceptors (Lipinski definition) is 3. The van der Waals surface area contributed by atoms with E-state index in [2.05, 4.69) is 37.1 Å². The molecular formula is C18H28N2O2. The number of anilines is 1. The first kappa shape index (κ1) is 17.0. The van der Waals surface area contributed by atoms with Gasteiger partial charge in [0.05, 0.1) is 13.2 Å². The maximum atomic E-state index is 12.4. The second kappa shape index (κ2) is 7.75. The number of nitrogens with one attached hydrogen (secondary N) is 1. The van der Waals surface area contributed by atoms with Gasteiger partial charge in [0.1, 0.15) is 0 Å². The fourth-order valence-corrected chi connectivity index (χ4v) is 3.31. The molecule has 1 saturated heterocycles. The smallest absolute Gasteiger partial charge is 0.238 e. The van der Waals surface area contributed by atoms with E-state index >= 15 is 0 Å². The largest absolute Gasteiger partial charge is 0.395 e. The van der Waals surface area contributed by atoms with Crippen LogP contribution >= 0.6 is 0 Å². The molecule has 1 aromatic rings. The summed E-state index contributed by atoms with van der Waals surface area (Å²) in [6.07, 6.45) is 2.22. The van der Waals surface area contributed by atoms with Gasteiger partial charge >= 0.3 is 0 Å². The molecule has 1 aromatic carbocycles. The van der Waals surface area contributed by atoms with Crippen molar-refractivity contribution in [1.29, 1.82) is 0 Å². The van der Waals surface area contributed by atoms with Crippen LogP contribution in [0.3, 0.4) is 0 Å². The highest BCUT2D eigenvalue weighted by Crippen LogP contribution is 2.25. The molecule has 0 bridgehead atoms. The monoisotopic (exact) mass is 304 g/mol. The van der Waals surface area contributed by atoms with Crippen LogP contribution in [0.2, 0.25) is 0 Å². The minimum Gasteiger partial charge on any atom is -0.395 e. The van der Waals surface area contributed by atoms with Crippen molar-refractivity contribution in [2.75, 3.05) is 25.0 Å². The summed E-state index contributed by atoms with van der Waals surface area (Å²) in [5.41, 5.74) is 2.05. The Labute approximate surface area is 133 Å². The summed E-state index contributed by atoms with van der Waals surface area (Å²) in [5.74, 6) is 0.812. The summed E-state index contributed by atoms with van der Waals surface area (Å²) in [4.78, 5) is 14.5. The number of carbonyl (C=O) groups is 1. The van der Waals surface area contributed by atoms with E-state index in [1.165, 1.54) is 0 Å². The number of amides is 1. The van der Waals surface area contributed by atoms with E-state index in [-0.39, 0.29) is 18.6 Å². The van der Waals surface area contributed by atoms with E-state index in [9.17, 15) is 9.90 Å². The number of aliphatic hydroxyl groups excluding tert-OH is 1. The highest BCUT2D eigenvalue weighted by molar-refractivity contribution is 5.93. The van der Waals surface area contributed by atoms with Gasteiger partial charge in [0.25, 0.3) is 0 Å². The standard InChI is InChI=1S/C18H28N2O2/c1-13(2)15-8-4-5-9-16(15)19-18(22)11-20-10-6-7-14(3)17(20)12-21/h4-5,8-9,13-14,17,21H,6-7,10-12H2,1-3H3,(H,19,22). The van der Waals surface area contributed by atoms with Gasteiger partial charge in [0.2, 0.25) is 5.91 Å². The van der Waals surface area contributed by atoms with Crippen LogP contribution in [0.25, 0.3) is 0 Å². The van der Waals surface area contributed by atoms with Crippen molar-refractivity contribution < 1.29 is 9.90 Å². The topological polar surface area (TPSA) is 52.6 Å². The zero-order chi connectivity index (χ0) is 16.1. The first-order chi connectivity index (χ1) is 10.5. The van der Waals surface area contributed by atoms with Gasteiger partial charge < -0.3 is 10.4 Å². The van der Waals surface area contributed by atoms with Crippen LogP contribution in [-0.4, -0.2) is 41.7 Å². The molecule has 4 nitrogen and oxygen atoms in total. The number of rotatable bonds is 5. The highest BCUT2D eigenvalue weighted by atomic mass is 16.3. The molecule has 2 atom stereocenters. The van der Waals surface area contributed by atoms with Crippen molar-refractivity contribution in [2.45, 2.75) is 45.6 Å². The van der Waals surface area contributed by atoms with E-state index in [4.69, 9.17) is 0 Å². The number of nitrogens with zero attached hydrogens (tertiary/aromatic N) is 1. The van der Waals surface area contributed by atoms with E-state index in [0.717, 1.165) is 30.6 Å². The van der Waals surface area contributed by atoms with Gasteiger partial charge in [-0.3, -0.25) is 9.69 Å². The molecule has 1 fully saturated rings. The Morgan fingerprint density at radius 1 is 1.41 bits per heavy atom. The molecule has 1 aliphatic heterocycles. The SMILES string of the molecule is CC(C)c1ccccc1NC(=O)CN1CCCC(C)C1CO. The maximum Gasteiger partial charge on any atom is 0.238 e. The second-order valence-corrected chi connectivity index (χ2v) is 6.63. The molecular weight excluding hydrogens is 276 g/mol. The molecule has 0 radical (unpaired) electrons. The Bertz CT molecular complexity index is 502. The van der Waals surface area contributed by atoms with Crippen LogP contribution in [0.15, 0.2) is 24.3 Å². The minimum absolute atomic E-state index is 0.000602. The zero-order valence-corrected chi connectivity index (χ0v) is 13.9. The Morgan fingerprint density at radius 3 is 2.82 bits per heavy atom. The number of para-hydroxylation sites is 1. The van der Waals surface area contributed by atoms with Gasteiger partial charge in [0, 0.05) is 11.7 Å². The number of benzene rings is 1. The summed E-state index contributed by atoms with van der Waals surface area (Å²) in [6, 6.07) is 8.05. The fourth-order valence-electron chi connectivity index (χ4n) is 3.31. The number of carbonyl (C=O) groups excluding carboxylic acids is 1. The molecule has 4 heteroatoms. The van der Waals surface area contributed by atoms with Crippen LogP contribution in [0.4, 0.5) is 5.69 Å². The third-order valence-corrected chi connectivity index (χ3v) is 4.62. The Hall–Kier alpha value is -1.39. The lowest BCUT2D eigenvalue weighted by atomic mass is 9.91. The van der Waals surface area contributed by atoms with E-state index in [0.29, 0.717) is 18.4 Å². The lowest BCUT2D eigenvalue weighted by molar-refractivity contribution is -0.118. The summed E-state index contributed by atoms with van der Waals surface area (Å²) in [6.45, 7) is 7.76. The fraction of sp³-hybridized carbons (Fsp3) is 0.611. The van der Waals surface area contributed by atoms with Crippen molar-refractivity contribution in [3.05, 3.63) is 29.8 Å². The maximum absolute atomic E-state index is 12.4. The zero-order valence-electron chi connectivity index (χ0n) is 13.9. The first-order valence-electron chi connectivity index (χ1n) is 8.26. The van der Waals surface area contributed by atoms with Crippen molar-refractivity contribution in [3.63, 3.8) is 0 Å². The molecule has 2 unspecified atom stereocenters. The average molecular weight is 304 g/mol. The summed E-state index contributed by atoms with van der Waals surface area (Å²) < 4.78 is 0. The third-order valence-electron chi connectivity index (χ3n) is 4.62. The predicted octanol–water partition coefficient (Wildman–Crippen LogP) is 2.84. The van der Waals surface area contributed by atoms with Crippen LogP contribution in [0.5, 0.6) is 0 Å². The van der Waals surface area contributed by atoms with Crippen molar-refractivity contribution in [1.82, 2.24) is 4.90 Å². The summed E-state index contributed by atoms with van der Waals surface area (Å²) >= 11 is 0. The number of likely N-dealkylation sites (tertiary alicyclic amines) is 1. The van der Waals surface area contributed by atoms with E-state index < -0.39 is 0 Å². The Kier molecular flexibility index (Phi) is 5.98. The van der Waals surface area contributed by atoms with Gasteiger partial charge in [-0.2, -0.15) is 0 Å². The van der Waals surface area contributed by atoms with Crippen molar-refractivity contribution >= 4 is 11.6 Å². The molecule has 2 rings (SSSR count). The normalized spacial score (nSPS) is 22.8. The van der Waals surface area contributed by atoms with E-state index in [1.54, 1.807) is 0 Å². The molecule has 0 saturated carbocycles. The highest BCUT2D eigenvalue weighted by Gasteiger charge is 2.29. The molecule has 1 heterocycles. The number of piperidine rings is 1. The van der Waals surface area contributed by atoms with Crippen LogP contribution in [0, 0.1) is 5.92 Å². The minimum atomic E-state index is 0.000602. The van der Waals surface area contributed by atoms with Gasteiger partial charge in [-0.15, -0.1) is 0 Å². The molecule has 1 amide bonds. The second-order valence-electron chi connectivity index (χ2n) is 6.63. The van der Waals surface area contributed by atoms with Crippen LogP contribution in [0.1, 0.15) is 45.1 Å². The number of hydrogen-bond donors (Lipinski definition) is 2. The van der Waals surface area contributed by atoms with Crippen molar-refractivity contribution in [2.24, 2.45) is 5.92 Å². The number of aliphatic hydroxyl groups is 1. The molecule has 0 aromatic heterocycles. The molecule has 0 aliphatic carbocycles. The van der Waals surface area contributed by atoms with Gasteiger partial charge in [0.15, 0.2) is 0 Å². The van der Waals surface area contributed by atoms with E-state index in [1.807, 2.05) is 18.2 Å². The molecule has 2 N–H and O–H groups in total. The summed E-state index contributed by atoms with van der Waals surface area (Å²) in [7, 11) is 0. The molecule has 22 heavy (non-hydrogen) atoms. The first-order valence-corrected chi connectivity index (χ1v) is 8.26. The Balaban J connectivity index is 2.01. The van der Waals surface area contributed by atoms with Gasteiger partial charge in [-0.1, -0.05) is 39.0 Å². The summed E-state index contributed by atoms with van der Waals surface area (Å²) in [5, 5.41) is 12.6. The lowest BCUT2D eigenvalue weighted by Crippen LogP contribution is -2.49. The van der Waals surface area contributed by atoms with Gasteiger partial charge in [-0.25, -0.2) is 0 Å². The predicted molar refractivity (Wildman–Crippen MR) is 90.0 cm³/mol. The lowest BCUT2D eigenvalue weighted by Gasteiger charge is -2.38. The molecule has 0 spiro atoms. The molecule has 1 aliphatic rings. The van der Waals surface area contributed by atoms with Crippen molar-refractivity contribution in [3.8, 4) is 0 Å². The molecule has 122 valence electrons. The quantitative estimate of drug-likeness (QED) is 0.879. The average Bonchev–Trinajstić information content (AvgIpc) is 2.47.